The molecule has 3 heteroatoms. The topological polar surface area (TPSA) is 60.7 Å². The van der Waals surface area contributed by atoms with Crippen LogP contribution in [0.2, 0.25) is 0 Å². The Kier molecular flexibility index (Phi) is 4.44. The standard InChI is InChI=1S/C20H34O3/c1-18(2)8-4-9-19(3)15(18)7-10-20(13-22)16(19)6-5-14(12-21)11-17(20)23/h5,15-17,21-23H,4,6-13H2,1-3H3/t15?,16-,17?,19+,20+/m1/s1. The molecule has 0 aromatic rings. The van der Waals surface area contributed by atoms with E-state index in [4.69, 9.17) is 0 Å². The number of hydrogen-bond acceptors (Lipinski definition) is 3. The van der Waals surface area contributed by atoms with Crippen molar-refractivity contribution in [3.63, 3.8) is 0 Å². The van der Waals surface area contributed by atoms with Gasteiger partial charge in [-0.05, 0) is 66.8 Å². The summed E-state index contributed by atoms with van der Waals surface area (Å²) in [6.07, 6.45) is 8.74. The van der Waals surface area contributed by atoms with Crippen LogP contribution >= 0.6 is 0 Å². The first-order chi connectivity index (χ1) is 10.8. The molecule has 0 radical (unpaired) electrons. The lowest BCUT2D eigenvalue weighted by molar-refractivity contribution is -0.181. The van der Waals surface area contributed by atoms with Gasteiger partial charge in [-0.1, -0.05) is 33.3 Å². The Labute approximate surface area is 140 Å². The van der Waals surface area contributed by atoms with Crippen molar-refractivity contribution in [2.45, 2.75) is 71.8 Å². The third kappa shape index (κ3) is 2.51. The third-order valence-corrected chi connectivity index (χ3v) is 7.92. The van der Waals surface area contributed by atoms with E-state index < -0.39 is 11.5 Å². The van der Waals surface area contributed by atoms with E-state index in [9.17, 15) is 15.3 Å². The van der Waals surface area contributed by atoms with Gasteiger partial charge in [0.05, 0.1) is 19.3 Å². The molecule has 0 bridgehead atoms. The van der Waals surface area contributed by atoms with Crippen LogP contribution in [0.5, 0.6) is 0 Å². The first kappa shape index (κ1) is 17.4. The summed E-state index contributed by atoms with van der Waals surface area (Å²) in [5.74, 6) is 0.960. The zero-order valence-corrected chi connectivity index (χ0v) is 15.0. The van der Waals surface area contributed by atoms with Crippen molar-refractivity contribution in [2.24, 2.45) is 28.1 Å². The summed E-state index contributed by atoms with van der Waals surface area (Å²) >= 11 is 0. The second kappa shape index (κ2) is 5.86. The molecule has 3 N–H and O–H groups in total. The van der Waals surface area contributed by atoms with Gasteiger partial charge in [-0.2, -0.15) is 0 Å². The highest BCUT2D eigenvalue weighted by molar-refractivity contribution is 5.18. The number of fused-ring (bicyclic) bond motifs is 3. The predicted molar refractivity (Wildman–Crippen MR) is 91.9 cm³/mol. The monoisotopic (exact) mass is 322 g/mol. The van der Waals surface area contributed by atoms with Gasteiger partial charge >= 0.3 is 0 Å². The molecule has 3 rings (SSSR count). The molecule has 2 fully saturated rings. The summed E-state index contributed by atoms with van der Waals surface area (Å²) in [6.45, 7) is 7.31. The van der Waals surface area contributed by atoms with Gasteiger partial charge in [-0.15, -0.1) is 0 Å². The molecule has 23 heavy (non-hydrogen) atoms. The summed E-state index contributed by atoms with van der Waals surface area (Å²) in [5, 5.41) is 30.8. The van der Waals surface area contributed by atoms with Crippen molar-refractivity contribution < 1.29 is 15.3 Å². The van der Waals surface area contributed by atoms with Crippen LogP contribution in [0.15, 0.2) is 11.6 Å². The van der Waals surface area contributed by atoms with Gasteiger partial charge in [0, 0.05) is 5.41 Å². The van der Waals surface area contributed by atoms with E-state index in [2.05, 4.69) is 26.8 Å². The van der Waals surface area contributed by atoms with Crippen LogP contribution < -0.4 is 0 Å². The predicted octanol–water partition coefficient (Wildman–Crippen LogP) is 3.28. The first-order valence-electron chi connectivity index (χ1n) is 9.38. The summed E-state index contributed by atoms with van der Waals surface area (Å²) in [6, 6.07) is 0. The van der Waals surface area contributed by atoms with Crippen molar-refractivity contribution in [3.8, 4) is 0 Å². The molecule has 0 aromatic carbocycles. The van der Waals surface area contributed by atoms with E-state index in [-0.39, 0.29) is 18.6 Å². The summed E-state index contributed by atoms with van der Waals surface area (Å²) in [7, 11) is 0. The molecule has 2 unspecified atom stereocenters. The van der Waals surface area contributed by atoms with E-state index in [1.807, 2.05) is 0 Å². The number of rotatable bonds is 2. The van der Waals surface area contributed by atoms with E-state index in [0.717, 1.165) is 24.8 Å². The minimum absolute atomic E-state index is 0.0247. The fourth-order valence-electron chi connectivity index (χ4n) is 6.69. The molecular formula is C20H34O3. The third-order valence-electron chi connectivity index (χ3n) is 7.92. The van der Waals surface area contributed by atoms with Crippen LogP contribution in [0.1, 0.15) is 65.7 Å². The lowest BCUT2D eigenvalue weighted by Crippen LogP contribution is -2.59. The summed E-state index contributed by atoms with van der Waals surface area (Å²) < 4.78 is 0. The average molecular weight is 322 g/mol. The summed E-state index contributed by atoms with van der Waals surface area (Å²) in [5.41, 5.74) is 1.06. The number of allylic oxidation sites excluding steroid dienone is 1. The van der Waals surface area contributed by atoms with Crippen LogP contribution in [-0.2, 0) is 0 Å². The van der Waals surface area contributed by atoms with Gasteiger partial charge in [-0.25, -0.2) is 0 Å². The Bertz CT molecular complexity index is 483. The molecule has 0 aliphatic heterocycles. The Morgan fingerprint density at radius 3 is 2.48 bits per heavy atom. The second-order valence-corrected chi connectivity index (χ2v) is 9.36. The maximum absolute atomic E-state index is 11.0. The van der Waals surface area contributed by atoms with Gasteiger partial charge in [0.15, 0.2) is 0 Å². The van der Waals surface area contributed by atoms with Crippen LogP contribution in [0.3, 0.4) is 0 Å². The SMILES string of the molecule is CC1(C)CCC[C@@]2(C)C1CC[C@@]1(CO)C(O)CC(CO)=CC[C@@H]12. The second-order valence-electron chi connectivity index (χ2n) is 9.36. The Hall–Kier alpha value is -0.380. The molecule has 3 aliphatic rings. The Morgan fingerprint density at radius 2 is 1.83 bits per heavy atom. The van der Waals surface area contributed by atoms with Crippen molar-refractivity contribution in [3.05, 3.63) is 11.6 Å². The van der Waals surface area contributed by atoms with Gasteiger partial charge < -0.3 is 15.3 Å². The van der Waals surface area contributed by atoms with Crippen molar-refractivity contribution in [1.82, 2.24) is 0 Å². The molecule has 0 amide bonds. The molecule has 0 aromatic heterocycles. The van der Waals surface area contributed by atoms with Crippen LogP contribution in [0.25, 0.3) is 0 Å². The van der Waals surface area contributed by atoms with E-state index in [0.29, 0.717) is 23.7 Å². The zero-order chi connectivity index (χ0) is 16.9. The molecule has 0 saturated heterocycles. The maximum atomic E-state index is 11.0. The van der Waals surface area contributed by atoms with E-state index in [1.165, 1.54) is 19.3 Å². The molecule has 0 heterocycles. The van der Waals surface area contributed by atoms with E-state index >= 15 is 0 Å². The highest BCUT2D eigenvalue weighted by atomic mass is 16.3. The maximum Gasteiger partial charge on any atom is 0.0659 e. The molecule has 132 valence electrons. The van der Waals surface area contributed by atoms with Gasteiger partial charge in [-0.3, -0.25) is 0 Å². The smallest absolute Gasteiger partial charge is 0.0659 e. The molecule has 3 aliphatic carbocycles. The largest absolute Gasteiger partial charge is 0.396 e. The number of aliphatic hydroxyl groups excluding tert-OH is 3. The average Bonchev–Trinajstić information content (AvgIpc) is 2.64. The van der Waals surface area contributed by atoms with Crippen molar-refractivity contribution in [2.75, 3.05) is 13.2 Å². The summed E-state index contributed by atoms with van der Waals surface area (Å²) in [4.78, 5) is 0. The van der Waals surface area contributed by atoms with Crippen LogP contribution in [-0.4, -0.2) is 34.6 Å². The first-order valence-corrected chi connectivity index (χ1v) is 9.38. The molecule has 5 atom stereocenters. The molecule has 2 saturated carbocycles. The Balaban J connectivity index is 2.04. The fraction of sp³-hybridized carbons (Fsp3) is 0.900. The van der Waals surface area contributed by atoms with Gasteiger partial charge in [0.25, 0.3) is 0 Å². The van der Waals surface area contributed by atoms with Gasteiger partial charge in [0.1, 0.15) is 0 Å². The van der Waals surface area contributed by atoms with Crippen molar-refractivity contribution in [1.29, 1.82) is 0 Å². The van der Waals surface area contributed by atoms with E-state index in [1.54, 1.807) is 0 Å². The number of hydrogen-bond donors (Lipinski definition) is 3. The van der Waals surface area contributed by atoms with Crippen LogP contribution in [0, 0.1) is 28.1 Å². The number of aliphatic hydroxyl groups is 3. The minimum Gasteiger partial charge on any atom is -0.396 e. The highest BCUT2D eigenvalue weighted by Crippen LogP contribution is 2.66. The van der Waals surface area contributed by atoms with Crippen molar-refractivity contribution >= 4 is 0 Å². The molecule has 0 spiro atoms. The zero-order valence-electron chi connectivity index (χ0n) is 15.0. The lowest BCUT2D eigenvalue weighted by atomic mass is 9.42. The highest BCUT2D eigenvalue weighted by Gasteiger charge is 2.61. The quantitative estimate of drug-likeness (QED) is 0.684. The molecule has 3 nitrogen and oxygen atoms in total. The minimum atomic E-state index is -0.541. The molecular weight excluding hydrogens is 288 g/mol. The lowest BCUT2D eigenvalue weighted by Gasteiger charge is -2.63. The fourth-order valence-corrected chi connectivity index (χ4v) is 6.69. The normalized spacial score (nSPS) is 46.3. The Morgan fingerprint density at radius 1 is 1.09 bits per heavy atom. The van der Waals surface area contributed by atoms with Crippen LogP contribution in [0.4, 0.5) is 0 Å². The van der Waals surface area contributed by atoms with Gasteiger partial charge in [0.2, 0.25) is 0 Å².